The van der Waals surface area contributed by atoms with Crippen LogP contribution < -0.4 is 10.6 Å². The lowest BCUT2D eigenvalue weighted by Gasteiger charge is -2.20. The largest absolute Gasteiger partial charge is 0.376 e. The van der Waals surface area contributed by atoms with Gasteiger partial charge < -0.3 is 15.4 Å². The van der Waals surface area contributed by atoms with Gasteiger partial charge in [0.1, 0.15) is 0 Å². The van der Waals surface area contributed by atoms with E-state index in [4.69, 9.17) is 4.74 Å². The maximum absolute atomic E-state index is 12.1. The Morgan fingerprint density at radius 3 is 3.13 bits per heavy atom. The molecule has 0 aromatic carbocycles. The Bertz CT molecular complexity index is 638. The standard InChI is InChI=1S/C16H21N5O2/c1-12(14-6-3-10-23-14)20-16(22)18-11-13-5-2-7-17-15(13)21-9-4-8-19-21/h2,4-5,7-9,12,14H,3,6,10-11H2,1H3,(H2,18,20,22)/t12-,14-/m0/s1. The molecule has 2 aromatic heterocycles. The van der Waals surface area contributed by atoms with Crippen molar-refractivity contribution in [3.8, 4) is 5.82 Å². The summed E-state index contributed by atoms with van der Waals surface area (Å²) in [6, 6.07) is 5.40. The zero-order valence-corrected chi connectivity index (χ0v) is 13.1. The van der Waals surface area contributed by atoms with Crippen molar-refractivity contribution in [2.24, 2.45) is 0 Å². The maximum Gasteiger partial charge on any atom is 0.315 e. The Kier molecular flexibility index (Phi) is 4.87. The SMILES string of the molecule is C[C@H](NC(=O)NCc1cccnc1-n1cccn1)[C@@H]1CCCO1. The molecular formula is C16H21N5O2. The van der Waals surface area contributed by atoms with Crippen molar-refractivity contribution in [2.75, 3.05) is 6.61 Å². The summed E-state index contributed by atoms with van der Waals surface area (Å²) < 4.78 is 7.27. The van der Waals surface area contributed by atoms with Crippen LogP contribution in [0.4, 0.5) is 4.79 Å². The molecule has 7 heteroatoms. The molecule has 2 N–H and O–H groups in total. The second kappa shape index (κ2) is 7.23. The first-order valence-corrected chi connectivity index (χ1v) is 7.84. The fourth-order valence-corrected chi connectivity index (χ4v) is 2.69. The van der Waals surface area contributed by atoms with Crippen LogP contribution in [-0.4, -0.2) is 39.5 Å². The number of nitrogens with one attached hydrogen (secondary N) is 2. The lowest BCUT2D eigenvalue weighted by molar-refractivity contribution is 0.0860. The minimum Gasteiger partial charge on any atom is -0.376 e. The molecule has 1 aliphatic heterocycles. The Balaban J connectivity index is 1.57. The minimum absolute atomic E-state index is 0.00279. The van der Waals surface area contributed by atoms with Crippen LogP contribution in [0.15, 0.2) is 36.8 Å². The number of ether oxygens (including phenoxy) is 1. The lowest BCUT2D eigenvalue weighted by atomic mass is 10.1. The van der Waals surface area contributed by atoms with E-state index in [2.05, 4.69) is 20.7 Å². The van der Waals surface area contributed by atoms with Gasteiger partial charge in [0.05, 0.1) is 12.1 Å². The molecule has 0 saturated carbocycles. The molecule has 0 bridgehead atoms. The molecule has 3 rings (SSSR count). The van der Waals surface area contributed by atoms with Gasteiger partial charge in [-0.2, -0.15) is 5.10 Å². The summed E-state index contributed by atoms with van der Waals surface area (Å²) in [4.78, 5) is 16.4. The molecule has 1 saturated heterocycles. The fraction of sp³-hybridized carbons (Fsp3) is 0.438. The first-order valence-electron chi connectivity index (χ1n) is 7.84. The minimum atomic E-state index is -0.205. The Morgan fingerprint density at radius 1 is 1.48 bits per heavy atom. The molecule has 1 fully saturated rings. The van der Waals surface area contributed by atoms with Crippen LogP contribution in [0, 0.1) is 0 Å². The Hall–Kier alpha value is -2.41. The lowest BCUT2D eigenvalue weighted by Crippen LogP contribution is -2.45. The molecule has 0 unspecified atom stereocenters. The van der Waals surface area contributed by atoms with Crippen molar-refractivity contribution >= 4 is 6.03 Å². The normalized spacial score (nSPS) is 18.6. The summed E-state index contributed by atoms with van der Waals surface area (Å²) in [5.41, 5.74) is 0.899. The smallest absolute Gasteiger partial charge is 0.315 e. The van der Waals surface area contributed by atoms with E-state index in [0.717, 1.165) is 25.0 Å². The molecule has 1 aliphatic rings. The van der Waals surface area contributed by atoms with Gasteiger partial charge >= 0.3 is 6.03 Å². The van der Waals surface area contributed by atoms with Crippen molar-refractivity contribution in [1.82, 2.24) is 25.4 Å². The van der Waals surface area contributed by atoms with Crippen LogP contribution in [0.2, 0.25) is 0 Å². The van der Waals surface area contributed by atoms with Gasteiger partial charge in [0.25, 0.3) is 0 Å². The summed E-state index contributed by atoms with van der Waals surface area (Å²) in [7, 11) is 0. The van der Waals surface area contributed by atoms with Gasteiger partial charge in [-0.25, -0.2) is 14.5 Å². The predicted molar refractivity (Wildman–Crippen MR) is 85.2 cm³/mol. The summed E-state index contributed by atoms with van der Waals surface area (Å²) in [6.45, 7) is 3.13. The topological polar surface area (TPSA) is 81.1 Å². The molecule has 23 heavy (non-hydrogen) atoms. The van der Waals surface area contributed by atoms with E-state index >= 15 is 0 Å². The predicted octanol–water partition coefficient (Wildman–Crippen LogP) is 1.63. The van der Waals surface area contributed by atoms with E-state index < -0.39 is 0 Å². The third-order valence-electron chi connectivity index (χ3n) is 3.91. The number of carbonyl (C=O) groups is 1. The van der Waals surface area contributed by atoms with Gasteiger partial charge in [0.2, 0.25) is 0 Å². The number of hydrogen-bond acceptors (Lipinski definition) is 4. The first-order chi connectivity index (χ1) is 11.2. The van der Waals surface area contributed by atoms with Crippen molar-refractivity contribution in [1.29, 1.82) is 0 Å². The molecule has 2 amide bonds. The molecule has 3 heterocycles. The highest BCUT2D eigenvalue weighted by molar-refractivity contribution is 5.74. The van der Waals surface area contributed by atoms with Gasteiger partial charge in [0, 0.05) is 37.3 Å². The molecule has 0 spiro atoms. The number of hydrogen-bond donors (Lipinski definition) is 2. The number of urea groups is 1. The summed E-state index contributed by atoms with van der Waals surface area (Å²) in [5.74, 6) is 0.713. The summed E-state index contributed by atoms with van der Waals surface area (Å²) >= 11 is 0. The fourth-order valence-electron chi connectivity index (χ4n) is 2.69. The van der Waals surface area contributed by atoms with E-state index in [-0.39, 0.29) is 18.2 Å². The zero-order chi connectivity index (χ0) is 16.1. The average Bonchev–Trinajstić information content (AvgIpc) is 3.26. The van der Waals surface area contributed by atoms with Gasteiger partial charge in [-0.15, -0.1) is 0 Å². The molecule has 122 valence electrons. The monoisotopic (exact) mass is 315 g/mol. The maximum atomic E-state index is 12.1. The number of carbonyl (C=O) groups excluding carboxylic acids is 1. The highest BCUT2D eigenvalue weighted by Gasteiger charge is 2.23. The number of nitrogens with zero attached hydrogens (tertiary/aromatic N) is 3. The van der Waals surface area contributed by atoms with Crippen molar-refractivity contribution < 1.29 is 9.53 Å². The third-order valence-corrected chi connectivity index (χ3v) is 3.91. The van der Waals surface area contributed by atoms with Crippen LogP contribution >= 0.6 is 0 Å². The van der Waals surface area contributed by atoms with E-state index in [1.165, 1.54) is 0 Å². The molecular weight excluding hydrogens is 294 g/mol. The van der Waals surface area contributed by atoms with E-state index in [0.29, 0.717) is 12.4 Å². The number of aromatic nitrogens is 3. The number of pyridine rings is 1. The van der Waals surface area contributed by atoms with Crippen LogP contribution in [-0.2, 0) is 11.3 Å². The van der Waals surface area contributed by atoms with Crippen LogP contribution in [0.1, 0.15) is 25.3 Å². The number of rotatable bonds is 5. The first kappa shape index (κ1) is 15.5. The van der Waals surface area contributed by atoms with Gasteiger partial charge in [0.15, 0.2) is 5.82 Å². The van der Waals surface area contributed by atoms with Crippen molar-refractivity contribution in [3.05, 3.63) is 42.4 Å². The summed E-state index contributed by atoms with van der Waals surface area (Å²) in [5, 5.41) is 9.98. The quantitative estimate of drug-likeness (QED) is 0.879. The van der Waals surface area contributed by atoms with Crippen molar-refractivity contribution in [2.45, 2.75) is 38.5 Å². The van der Waals surface area contributed by atoms with Crippen LogP contribution in [0.3, 0.4) is 0 Å². The van der Waals surface area contributed by atoms with Crippen LogP contribution in [0.25, 0.3) is 5.82 Å². The Labute approximate surface area is 135 Å². The second-order valence-corrected chi connectivity index (χ2v) is 5.60. The van der Waals surface area contributed by atoms with E-state index in [1.54, 1.807) is 17.1 Å². The summed E-state index contributed by atoms with van der Waals surface area (Å²) in [6.07, 6.45) is 7.39. The average molecular weight is 315 g/mol. The molecule has 0 aliphatic carbocycles. The zero-order valence-electron chi connectivity index (χ0n) is 13.1. The number of amides is 2. The second-order valence-electron chi connectivity index (χ2n) is 5.60. The molecule has 7 nitrogen and oxygen atoms in total. The van der Waals surface area contributed by atoms with Crippen LogP contribution in [0.5, 0.6) is 0 Å². The van der Waals surface area contributed by atoms with Crippen molar-refractivity contribution in [3.63, 3.8) is 0 Å². The molecule has 0 radical (unpaired) electrons. The highest BCUT2D eigenvalue weighted by Crippen LogP contribution is 2.15. The molecule has 2 atom stereocenters. The molecule has 2 aromatic rings. The van der Waals surface area contributed by atoms with E-state index in [1.807, 2.05) is 31.3 Å². The third kappa shape index (κ3) is 3.87. The Morgan fingerprint density at radius 2 is 2.39 bits per heavy atom. The highest BCUT2D eigenvalue weighted by atomic mass is 16.5. The van der Waals surface area contributed by atoms with Gasteiger partial charge in [-0.3, -0.25) is 0 Å². The van der Waals surface area contributed by atoms with Gasteiger partial charge in [-0.1, -0.05) is 6.07 Å². The van der Waals surface area contributed by atoms with E-state index in [9.17, 15) is 4.79 Å². The van der Waals surface area contributed by atoms with Gasteiger partial charge in [-0.05, 0) is 31.9 Å².